The van der Waals surface area contributed by atoms with Crippen LogP contribution in [0.4, 0.5) is 10.7 Å². The molecule has 1 heterocycles. The van der Waals surface area contributed by atoms with E-state index < -0.39 is 10.9 Å². The molecule has 0 aliphatic carbocycles. The lowest BCUT2D eigenvalue weighted by Gasteiger charge is -2.12. The van der Waals surface area contributed by atoms with Crippen LogP contribution in [0.3, 0.4) is 0 Å². The van der Waals surface area contributed by atoms with Crippen LogP contribution >= 0.6 is 11.3 Å². The molecule has 4 aromatic rings. The quantitative estimate of drug-likeness (QED) is 0.103. The van der Waals surface area contributed by atoms with Crippen LogP contribution in [0.5, 0.6) is 11.5 Å². The number of nitrogens with zero attached hydrogens (tertiary/aromatic N) is 2. The molecule has 3 aromatic carbocycles. The number of nitro groups is 1. The summed E-state index contributed by atoms with van der Waals surface area (Å²) in [5.74, 6) is 0.693. The van der Waals surface area contributed by atoms with Gasteiger partial charge in [-0.2, -0.15) is 0 Å². The molecule has 0 aliphatic heterocycles. The Morgan fingerprint density at radius 1 is 1.00 bits per heavy atom. The first-order valence-corrected chi connectivity index (χ1v) is 12.2. The van der Waals surface area contributed by atoms with Crippen LogP contribution < -0.4 is 9.47 Å². The summed E-state index contributed by atoms with van der Waals surface area (Å²) < 4.78 is 17.9. The Kier molecular flexibility index (Phi) is 7.92. The number of fused-ring (bicyclic) bond motifs is 1. The number of non-ortho nitro benzene ring substituents is 1. The molecule has 0 radical (unpaired) electrons. The van der Waals surface area contributed by atoms with Crippen molar-refractivity contribution < 1.29 is 23.9 Å². The largest absolute Gasteiger partial charge is 0.490 e. The highest BCUT2D eigenvalue weighted by Crippen LogP contribution is 2.38. The van der Waals surface area contributed by atoms with Crippen molar-refractivity contribution in [2.45, 2.75) is 20.5 Å². The van der Waals surface area contributed by atoms with Gasteiger partial charge in [0.1, 0.15) is 17.2 Å². The van der Waals surface area contributed by atoms with Gasteiger partial charge in [0, 0.05) is 28.4 Å². The van der Waals surface area contributed by atoms with Gasteiger partial charge in [0.15, 0.2) is 11.5 Å². The van der Waals surface area contributed by atoms with Crippen molar-refractivity contribution in [2.24, 2.45) is 4.99 Å². The van der Waals surface area contributed by atoms with Crippen molar-refractivity contribution in [1.29, 1.82) is 0 Å². The molecule has 9 heteroatoms. The number of rotatable bonds is 10. The third-order valence-corrected chi connectivity index (χ3v) is 6.28. The van der Waals surface area contributed by atoms with E-state index in [-0.39, 0.29) is 18.9 Å². The van der Waals surface area contributed by atoms with Gasteiger partial charge in [-0.15, -0.1) is 11.3 Å². The molecule has 0 atom stereocenters. The summed E-state index contributed by atoms with van der Waals surface area (Å²) in [4.78, 5) is 27.6. The minimum Gasteiger partial charge on any atom is -0.490 e. The standard InChI is InChI=1S/C27H24N2O6S/c1-3-33-23-15-19(11-14-22(23)35-17-18-9-12-20(13-10-18)29(31)32)16-28-26-25(27(30)34-4-2)21-7-5-6-8-24(21)36-26/h5-16H,3-4,17H2,1-2H3. The van der Waals surface area contributed by atoms with Crippen LogP contribution in [0.1, 0.15) is 35.3 Å². The summed E-state index contributed by atoms with van der Waals surface area (Å²) in [7, 11) is 0. The second-order valence-electron chi connectivity index (χ2n) is 7.61. The number of carbonyl (C=O) groups excluding carboxylic acids is 1. The summed E-state index contributed by atoms with van der Waals surface area (Å²) in [6.07, 6.45) is 1.68. The normalized spacial score (nSPS) is 11.1. The van der Waals surface area contributed by atoms with Crippen LogP contribution in [0, 0.1) is 10.1 Å². The summed E-state index contributed by atoms with van der Waals surface area (Å²) >= 11 is 1.43. The molecule has 0 unspecified atom stereocenters. The number of ether oxygens (including phenoxy) is 3. The SMILES string of the molecule is CCOC(=O)c1c(N=Cc2ccc(OCc3ccc([N+](=O)[O-])cc3)c(OCC)c2)sc2ccccc12. The molecule has 0 N–H and O–H groups in total. The molecule has 0 fully saturated rings. The molecule has 4 rings (SSSR count). The van der Waals surface area contributed by atoms with Gasteiger partial charge in [-0.25, -0.2) is 9.79 Å². The molecular formula is C27H24N2O6S. The second kappa shape index (κ2) is 11.5. The smallest absolute Gasteiger partial charge is 0.341 e. The number of nitro benzene ring substituents is 1. The lowest BCUT2D eigenvalue weighted by atomic mass is 10.1. The van der Waals surface area contributed by atoms with Crippen LogP contribution in [0.2, 0.25) is 0 Å². The van der Waals surface area contributed by atoms with E-state index in [0.29, 0.717) is 28.7 Å². The lowest BCUT2D eigenvalue weighted by molar-refractivity contribution is -0.384. The van der Waals surface area contributed by atoms with E-state index >= 15 is 0 Å². The Morgan fingerprint density at radius 3 is 2.50 bits per heavy atom. The predicted molar refractivity (Wildman–Crippen MR) is 140 cm³/mol. The Bertz CT molecular complexity index is 1410. The average molecular weight is 505 g/mol. The average Bonchev–Trinajstić information content (AvgIpc) is 3.26. The highest BCUT2D eigenvalue weighted by atomic mass is 32.1. The summed E-state index contributed by atoms with van der Waals surface area (Å²) in [6.45, 7) is 4.61. The van der Waals surface area contributed by atoms with Crippen molar-refractivity contribution in [3.63, 3.8) is 0 Å². The first kappa shape index (κ1) is 24.9. The fourth-order valence-electron chi connectivity index (χ4n) is 3.52. The van der Waals surface area contributed by atoms with E-state index in [9.17, 15) is 14.9 Å². The number of carbonyl (C=O) groups is 1. The zero-order chi connectivity index (χ0) is 25.5. The van der Waals surface area contributed by atoms with Crippen molar-refractivity contribution in [3.8, 4) is 11.5 Å². The molecule has 0 saturated heterocycles. The fraction of sp³-hybridized carbons (Fsp3) is 0.185. The first-order valence-electron chi connectivity index (χ1n) is 11.4. The van der Waals surface area contributed by atoms with Crippen molar-refractivity contribution >= 4 is 44.3 Å². The van der Waals surface area contributed by atoms with E-state index in [1.165, 1.54) is 23.5 Å². The number of hydrogen-bond acceptors (Lipinski definition) is 8. The van der Waals surface area contributed by atoms with Gasteiger partial charge in [-0.05, 0) is 61.4 Å². The molecule has 0 amide bonds. The third kappa shape index (κ3) is 5.69. The van der Waals surface area contributed by atoms with Gasteiger partial charge in [0.25, 0.3) is 5.69 Å². The Balaban J connectivity index is 1.56. The highest BCUT2D eigenvalue weighted by Gasteiger charge is 2.19. The van der Waals surface area contributed by atoms with Gasteiger partial charge < -0.3 is 14.2 Å². The maximum absolute atomic E-state index is 12.6. The maximum atomic E-state index is 12.6. The molecule has 0 saturated carbocycles. The molecule has 8 nitrogen and oxygen atoms in total. The van der Waals surface area contributed by atoms with Gasteiger partial charge in [0.05, 0.1) is 18.1 Å². The molecule has 1 aromatic heterocycles. The lowest BCUT2D eigenvalue weighted by Crippen LogP contribution is -2.04. The van der Waals surface area contributed by atoms with E-state index in [1.54, 1.807) is 31.3 Å². The summed E-state index contributed by atoms with van der Waals surface area (Å²) in [6, 6.07) is 19.3. The zero-order valence-corrected chi connectivity index (χ0v) is 20.6. The summed E-state index contributed by atoms with van der Waals surface area (Å²) in [5.41, 5.74) is 2.06. The van der Waals surface area contributed by atoms with E-state index in [1.807, 2.05) is 43.3 Å². The topological polar surface area (TPSA) is 100 Å². The van der Waals surface area contributed by atoms with Gasteiger partial charge in [-0.3, -0.25) is 10.1 Å². The van der Waals surface area contributed by atoms with Crippen molar-refractivity contribution in [2.75, 3.05) is 13.2 Å². The number of hydrogen-bond donors (Lipinski definition) is 0. The fourth-order valence-corrected chi connectivity index (χ4v) is 4.56. The monoisotopic (exact) mass is 504 g/mol. The zero-order valence-electron chi connectivity index (χ0n) is 19.8. The predicted octanol–water partition coefficient (Wildman–Crippen LogP) is 6.71. The van der Waals surface area contributed by atoms with E-state index in [2.05, 4.69) is 4.99 Å². The molecule has 0 bridgehead atoms. The Hall–Kier alpha value is -4.24. The van der Waals surface area contributed by atoms with Crippen LogP contribution in [-0.4, -0.2) is 30.3 Å². The van der Waals surface area contributed by atoms with Crippen LogP contribution in [-0.2, 0) is 11.3 Å². The van der Waals surface area contributed by atoms with Gasteiger partial charge in [0.2, 0.25) is 0 Å². The molecule has 184 valence electrons. The molecular weight excluding hydrogens is 480 g/mol. The number of aliphatic imine (C=N–C) groups is 1. The number of benzene rings is 3. The second-order valence-corrected chi connectivity index (χ2v) is 8.64. The Labute approximate surface area is 211 Å². The van der Waals surface area contributed by atoms with E-state index in [0.717, 1.165) is 21.2 Å². The Morgan fingerprint density at radius 2 is 1.78 bits per heavy atom. The maximum Gasteiger partial charge on any atom is 0.341 e. The third-order valence-electron chi connectivity index (χ3n) is 5.20. The molecule has 36 heavy (non-hydrogen) atoms. The molecule has 0 spiro atoms. The summed E-state index contributed by atoms with van der Waals surface area (Å²) in [5, 5.41) is 12.2. The number of thiophene rings is 1. The minimum atomic E-state index is -0.438. The minimum absolute atomic E-state index is 0.0298. The highest BCUT2D eigenvalue weighted by molar-refractivity contribution is 7.23. The van der Waals surface area contributed by atoms with Gasteiger partial charge >= 0.3 is 5.97 Å². The van der Waals surface area contributed by atoms with E-state index in [4.69, 9.17) is 14.2 Å². The number of esters is 1. The van der Waals surface area contributed by atoms with Crippen molar-refractivity contribution in [3.05, 3.63) is 93.5 Å². The molecule has 0 aliphatic rings. The van der Waals surface area contributed by atoms with Gasteiger partial charge in [-0.1, -0.05) is 18.2 Å². The van der Waals surface area contributed by atoms with Crippen molar-refractivity contribution in [1.82, 2.24) is 0 Å². The first-order chi connectivity index (χ1) is 17.5. The van der Waals surface area contributed by atoms with Crippen LogP contribution in [0.25, 0.3) is 10.1 Å². The van der Waals surface area contributed by atoms with Crippen LogP contribution in [0.15, 0.2) is 71.7 Å².